The molecular formula is C14H24N2O2. The Morgan fingerprint density at radius 1 is 1.39 bits per heavy atom. The molecule has 0 heterocycles. The maximum atomic E-state index is 8.79. The van der Waals surface area contributed by atoms with E-state index in [9.17, 15) is 0 Å². The van der Waals surface area contributed by atoms with Gasteiger partial charge in [0.2, 0.25) is 0 Å². The van der Waals surface area contributed by atoms with E-state index in [4.69, 9.17) is 9.84 Å². The zero-order valence-corrected chi connectivity index (χ0v) is 11.5. The number of rotatable bonds is 8. The van der Waals surface area contributed by atoms with E-state index in [0.717, 1.165) is 12.3 Å². The number of nitrogens with zero attached hydrogens (tertiary/aromatic N) is 1. The Hall–Kier alpha value is -1.10. The number of aliphatic hydroxyl groups is 1. The Balaban J connectivity index is 2.50. The molecule has 1 aromatic carbocycles. The van der Waals surface area contributed by atoms with Crippen molar-refractivity contribution >= 4 is 0 Å². The fraction of sp³-hybridized carbons (Fsp3) is 0.571. The molecule has 0 amide bonds. The molecule has 1 unspecified atom stereocenters. The van der Waals surface area contributed by atoms with Gasteiger partial charge in [-0.2, -0.15) is 0 Å². The van der Waals surface area contributed by atoms with E-state index in [1.165, 1.54) is 5.56 Å². The number of hydrogen-bond donors (Lipinski definition) is 2. The summed E-state index contributed by atoms with van der Waals surface area (Å²) in [6.45, 7) is 4.43. The topological polar surface area (TPSA) is 44.7 Å². The number of benzene rings is 1. The summed E-state index contributed by atoms with van der Waals surface area (Å²) < 4.78 is 5.69. The first-order valence-corrected chi connectivity index (χ1v) is 6.35. The Morgan fingerprint density at radius 3 is 2.83 bits per heavy atom. The summed E-state index contributed by atoms with van der Waals surface area (Å²) in [5.41, 5.74) is 1.17. The summed E-state index contributed by atoms with van der Waals surface area (Å²) in [5.74, 6) is 0.895. The molecule has 102 valence electrons. The highest BCUT2D eigenvalue weighted by Crippen LogP contribution is 2.18. The van der Waals surface area contributed by atoms with Crippen molar-refractivity contribution in [1.82, 2.24) is 10.2 Å². The normalized spacial score (nSPS) is 12.7. The van der Waals surface area contributed by atoms with Crippen molar-refractivity contribution in [3.8, 4) is 5.75 Å². The molecule has 0 bridgehead atoms. The van der Waals surface area contributed by atoms with E-state index in [-0.39, 0.29) is 12.6 Å². The molecule has 0 aliphatic carbocycles. The van der Waals surface area contributed by atoms with Gasteiger partial charge >= 0.3 is 0 Å². The van der Waals surface area contributed by atoms with Gasteiger partial charge in [0.15, 0.2) is 0 Å². The first-order valence-electron chi connectivity index (χ1n) is 6.35. The van der Waals surface area contributed by atoms with Crippen molar-refractivity contribution in [3.05, 3.63) is 29.8 Å². The Kier molecular flexibility index (Phi) is 6.72. The van der Waals surface area contributed by atoms with Crippen LogP contribution in [-0.2, 0) is 0 Å². The Morgan fingerprint density at radius 2 is 2.17 bits per heavy atom. The predicted molar refractivity (Wildman–Crippen MR) is 74.0 cm³/mol. The van der Waals surface area contributed by atoms with Gasteiger partial charge in [-0.15, -0.1) is 0 Å². The van der Waals surface area contributed by atoms with Gasteiger partial charge in [-0.3, -0.25) is 0 Å². The molecule has 0 spiro atoms. The first kappa shape index (κ1) is 15.0. The largest absolute Gasteiger partial charge is 0.492 e. The van der Waals surface area contributed by atoms with E-state index in [1.807, 2.05) is 32.3 Å². The van der Waals surface area contributed by atoms with Gasteiger partial charge in [-0.05, 0) is 38.7 Å². The smallest absolute Gasteiger partial charge is 0.119 e. The summed E-state index contributed by atoms with van der Waals surface area (Å²) >= 11 is 0. The van der Waals surface area contributed by atoms with Gasteiger partial charge in [-0.25, -0.2) is 0 Å². The van der Waals surface area contributed by atoms with Crippen LogP contribution in [0.3, 0.4) is 0 Å². The van der Waals surface area contributed by atoms with Crippen LogP contribution in [0.2, 0.25) is 0 Å². The van der Waals surface area contributed by atoms with Crippen molar-refractivity contribution in [2.45, 2.75) is 13.0 Å². The van der Waals surface area contributed by atoms with Gasteiger partial charge in [0.05, 0.1) is 6.61 Å². The SMILES string of the molecule is CC(NCCO)c1cccc(OCCN(C)C)c1. The van der Waals surface area contributed by atoms with Crippen molar-refractivity contribution < 1.29 is 9.84 Å². The van der Waals surface area contributed by atoms with Crippen LogP contribution >= 0.6 is 0 Å². The third-order valence-electron chi connectivity index (χ3n) is 2.73. The molecule has 0 radical (unpaired) electrons. The Bertz CT molecular complexity index is 342. The molecule has 1 rings (SSSR count). The molecule has 0 saturated heterocycles. The van der Waals surface area contributed by atoms with E-state index in [1.54, 1.807) is 0 Å². The van der Waals surface area contributed by atoms with Crippen LogP contribution in [0.4, 0.5) is 0 Å². The van der Waals surface area contributed by atoms with E-state index >= 15 is 0 Å². The van der Waals surface area contributed by atoms with Crippen molar-refractivity contribution in [3.63, 3.8) is 0 Å². The monoisotopic (exact) mass is 252 g/mol. The standard InChI is InChI=1S/C14H24N2O2/c1-12(15-7-9-17)13-5-4-6-14(11-13)18-10-8-16(2)3/h4-6,11-12,15,17H,7-10H2,1-3H3. The minimum Gasteiger partial charge on any atom is -0.492 e. The zero-order chi connectivity index (χ0) is 13.4. The lowest BCUT2D eigenvalue weighted by molar-refractivity contribution is 0.261. The fourth-order valence-electron chi connectivity index (χ4n) is 1.62. The Labute approximate surface area is 110 Å². The summed E-state index contributed by atoms with van der Waals surface area (Å²) in [4.78, 5) is 2.09. The lowest BCUT2D eigenvalue weighted by atomic mass is 10.1. The number of ether oxygens (including phenoxy) is 1. The van der Waals surface area contributed by atoms with Gasteiger partial charge in [0.25, 0.3) is 0 Å². The van der Waals surface area contributed by atoms with Gasteiger partial charge in [-0.1, -0.05) is 12.1 Å². The minimum absolute atomic E-state index is 0.156. The van der Waals surface area contributed by atoms with Crippen LogP contribution in [0.5, 0.6) is 5.75 Å². The molecule has 4 nitrogen and oxygen atoms in total. The van der Waals surface area contributed by atoms with Crippen LogP contribution in [0.1, 0.15) is 18.5 Å². The second-order valence-electron chi connectivity index (χ2n) is 4.62. The molecule has 0 aromatic heterocycles. The highest BCUT2D eigenvalue weighted by atomic mass is 16.5. The molecule has 1 aromatic rings. The van der Waals surface area contributed by atoms with Crippen LogP contribution in [-0.4, -0.2) is 50.4 Å². The highest BCUT2D eigenvalue weighted by Gasteiger charge is 2.05. The summed E-state index contributed by atoms with van der Waals surface area (Å²) in [6.07, 6.45) is 0. The maximum absolute atomic E-state index is 8.79. The molecule has 0 aliphatic rings. The van der Waals surface area contributed by atoms with E-state index < -0.39 is 0 Å². The van der Waals surface area contributed by atoms with Crippen LogP contribution in [0, 0.1) is 0 Å². The van der Waals surface area contributed by atoms with Crippen molar-refractivity contribution in [2.24, 2.45) is 0 Å². The second kappa shape index (κ2) is 8.08. The van der Waals surface area contributed by atoms with Gasteiger partial charge in [0, 0.05) is 19.1 Å². The molecule has 0 saturated carbocycles. The number of aliphatic hydroxyl groups excluding tert-OH is 1. The molecule has 0 fully saturated rings. The summed E-state index contributed by atoms with van der Waals surface area (Å²) in [7, 11) is 4.06. The summed E-state index contributed by atoms with van der Waals surface area (Å²) in [6, 6.07) is 8.29. The van der Waals surface area contributed by atoms with Crippen molar-refractivity contribution in [1.29, 1.82) is 0 Å². The minimum atomic E-state index is 0.156. The van der Waals surface area contributed by atoms with Crippen LogP contribution < -0.4 is 10.1 Å². The van der Waals surface area contributed by atoms with Crippen LogP contribution in [0.25, 0.3) is 0 Å². The van der Waals surface area contributed by atoms with Gasteiger partial charge in [0.1, 0.15) is 12.4 Å². The lowest BCUT2D eigenvalue weighted by Crippen LogP contribution is -2.22. The maximum Gasteiger partial charge on any atom is 0.119 e. The average molecular weight is 252 g/mol. The van der Waals surface area contributed by atoms with Crippen molar-refractivity contribution in [2.75, 3.05) is 40.4 Å². The second-order valence-corrected chi connectivity index (χ2v) is 4.62. The highest BCUT2D eigenvalue weighted by molar-refractivity contribution is 5.30. The molecular weight excluding hydrogens is 228 g/mol. The summed E-state index contributed by atoms with van der Waals surface area (Å²) in [5, 5.41) is 12.0. The molecule has 1 atom stereocenters. The molecule has 4 heteroatoms. The van der Waals surface area contributed by atoms with E-state index in [0.29, 0.717) is 13.2 Å². The molecule has 18 heavy (non-hydrogen) atoms. The number of hydrogen-bond acceptors (Lipinski definition) is 4. The quantitative estimate of drug-likeness (QED) is 0.731. The lowest BCUT2D eigenvalue weighted by Gasteiger charge is -2.15. The fourth-order valence-corrected chi connectivity index (χ4v) is 1.62. The molecule has 2 N–H and O–H groups in total. The predicted octanol–water partition coefficient (Wildman–Crippen LogP) is 1.27. The number of nitrogens with one attached hydrogen (secondary N) is 1. The first-order chi connectivity index (χ1) is 8.63. The molecule has 0 aliphatic heterocycles. The zero-order valence-electron chi connectivity index (χ0n) is 11.5. The third kappa shape index (κ3) is 5.49. The van der Waals surface area contributed by atoms with Gasteiger partial charge < -0.3 is 20.1 Å². The average Bonchev–Trinajstić information content (AvgIpc) is 2.36. The third-order valence-corrected chi connectivity index (χ3v) is 2.73. The van der Waals surface area contributed by atoms with Crippen LogP contribution in [0.15, 0.2) is 24.3 Å². The number of likely N-dealkylation sites (N-methyl/N-ethyl adjacent to an activating group) is 1. The van der Waals surface area contributed by atoms with E-state index in [2.05, 4.69) is 23.2 Å².